The van der Waals surface area contributed by atoms with E-state index in [1.165, 1.54) is 6.92 Å². The molecule has 1 N–H and O–H groups in total. The predicted molar refractivity (Wildman–Crippen MR) is 86.1 cm³/mol. The molecule has 0 aromatic carbocycles. The number of rotatable bonds is 8. The molecule has 1 aliphatic heterocycles. The number of carboxylic acids is 1. The largest absolute Gasteiger partial charge is 0.481 e. The summed E-state index contributed by atoms with van der Waals surface area (Å²) in [6, 6.07) is -0.680. The second-order valence-electron chi connectivity index (χ2n) is 6.65. The van der Waals surface area contributed by atoms with Crippen LogP contribution in [-0.2, 0) is 14.3 Å². The van der Waals surface area contributed by atoms with E-state index in [2.05, 4.69) is 6.58 Å². The lowest BCUT2D eigenvalue weighted by atomic mass is 9.77. The maximum absolute atomic E-state index is 13.7. The van der Waals surface area contributed by atoms with Gasteiger partial charge in [0.1, 0.15) is 6.61 Å². The number of hydrogen-bond acceptors (Lipinski definition) is 4. The number of amides is 2. The van der Waals surface area contributed by atoms with Crippen molar-refractivity contribution >= 4 is 18.0 Å². The highest BCUT2D eigenvalue weighted by Crippen LogP contribution is 2.42. The minimum absolute atomic E-state index is 0.0929. The van der Waals surface area contributed by atoms with Gasteiger partial charge in [0.2, 0.25) is 5.91 Å². The van der Waals surface area contributed by atoms with E-state index in [9.17, 15) is 32.7 Å². The van der Waals surface area contributed by atoms with Crippen molar-refractivity contribution < 1.29 is 37.4 Å². The van der Waals surface area contributed by atoms with Crippen LogP contribution in [-0.4, -0.2) is 46.8 Å². The zero-order chi connectivity index (χ0) is 20.2. The molecule has 1 saturated heterocycles. The van der Waals surface area contributed by atoms with Crippen LogP contribution in [0.15, 0.2) is 12.7 Å². The molecule has 1 heterocycles. The number of halogens is 3. The summed E-state index contributed by atoms with van der Waals surface area (Å²) in [7, 11) is 0. The number of hydrogen-bond donors (Lipinski definition) is 1. The number of nitrogens with zero attached hydrogens (tertiary/aromatic N) is 1. The second-order valence-corrected chi connectivity index (χ2v) is 6.65. The van der Waals surface area contributed by atoms with Gasteiger partial charge < -0.3 is 9.84 Å². The highest BCUT2D eigenvalue weighted by molar-refractivity contribution is 5.95. The van der Waals surface area contributed by atoms with Crippen LogP contribution >= 0.6 is 0 Å². The molecule has 1 fully saturated rings. The van der Waals surface area contributed by atoms with E-state index in [1.807, 2.05) is 0 Å². The lowest BCUT2D eigenvalue weighted by Crippen LogP contribution is -2.50. The number of cyclic esters (lactones) is 1. The molecule has 0 aromatic rings. The predicted octanol–water partition coefficient (Wildman–Crippen LogP) is 3.47. The molecule has 0 aromatic heterocycles. The first-order valence-electron chi connectivity index (χ1n) is 8.37. The fourth-order valence-electron chi connectivity index (χ4n) is 3.26. The lowest BCUT2D eigenvalue weighted by molar-refractivity contribution is -0.212. The van der Waals surface area contributed by atoms with E-state index in [1.54, 1.807) is 13.8 Å². The molecular formula is C17H24F3NO5. The minimum Gasteiger partial charge on any atom is -0.481 e. The highest BCUT2D eigenvalue weighted by Gasteiger charge is 2.55. The van der Waals surface area contributed by atoms with Crippen molar-refractivity contribution in [3.05, 3.63) is 12.7 Å². The summed E-state index contributed by atoms with van der Waals surface area (Å²) >= 11 is 0. The van der Waals surface area contributed by atoms with Crippen molar-refractivity contribution in [2.24, 2.45) is 23.7 Å². The number of alkyl halides is 3. The summed E-state index contributed by atoms with van der Waals surface area (Å²) in [5.74, 6) is -8.93. The van der Waals surface area contributed by atoms with E-state index in [-0.39, 0.29) is 18.9 Å². The quantitative estimate of drug-likeness (QED) is 0.653. The molecule has 4 atom stereocenters. The van der Waals surface area contributed by atoms with Crippen molar-refractivity contribution in [1.82, 2.24) is 4.90 Å². The van der Waals surface area contributed by atoms with E-state index in [4.69, 9.17) is 4.74 Å². The molecule has 0 bridgehead atoms. The normalized spacial score (nSPS) is 21.3. The Bertz CT molecular complexity index is 561. The molecule has 1 aliphatic rings. The summed E-state index contributed by atoms with van der Waals surface area (Å²) < 4.78 is 45.9. The number of allylic oxidation sites excluding steroid dienone is 1. The SMILES string of the molecule is C=CC[C@@H](C(=O)O)[C@H]([C@@H](CC)C(=O)N1C(=O)OC[C@@H]1C(C)C)C(F)(F)F. The average Bonchev–Trinajstić information content (AvgIpc) is 2.90. The molecule has 0 saturated carbocycles. The summed E-state index contributed by atoms with van der Waals surface area (Å²) in [5.41, 5.74) is 0. The third-order valence-corrected chi connectivity index (χ3v) is 4.65. The van der Waals surface area contributed by atoms with Gasteiger partial charge in [-0.05, 0) is 18.8 Å². The second kappa shape index (κ2) is 8.55. The first kappa shape index (κ1) is 22.0. The van der Waals surface area contributed by atoms with Crippen LogP contribution in [0.5, 0.6) is 0 Å². The number of aliphatic carboxylic acids is 1. The van der Waals surface area contributed by atoms with Gasteiger partial charge in [-0.3, -0.25) is 9.59 Å². The van der Waals surface area contributed by atoms with Gasteiger partial charge in [-0.1, -0.05) is 26.8 Å². The monoisotopic (exact) mass is 379 g/mol. The highest BCUT2D eigenvalue weighted by atomic mass is 19.4. The molecular weight excluding hydrogens is 355 g/mol. The number of ether oxygens (including phenoxy) is 1. The summed E-state index contributed by atoms with van der Waals surface area (Å²) in [6.07, 6.45) is -5.56. The molecule has 148 valence electrons. The van der Waals surface area contributed by atoms with Crippen molar-refractivity contribution in [1.29, 1.82) is 0 Å². The van der Waals surface area contributed by atoms with Gasteiger partial charge >= 0.3 is 18.2 Å². The Morgan fingerprint density at radius 3 is 2.35 bits per heavy atom. The topological polar surface area (TPSA) is 83.9 Å². The van der Waals surface area contributed by atoms with E-state index in [0.29, 0.717) is 4.90 Å². The Hall–Kier alpha value is -2.06. The molecule has 0 unspecified atom stereocenters. The maximum atomic E-state index is 13.7. The maximum Gasteiger partial charge on any atom is 0.416 e. The Morgan fingerprint density at radius 2 is 1.96 bits per heavy atom. The zero-order valence-corrected chi connectivity index (χ0v) is 15.0. The third-order valence-electron chi connectivity index (χ3n) is 4.65. The molecule has 9 heteroatoms. The first-order valence-corrected chi connectivity index (χ1v) is 8.37. The Kier molecular flexibility index (Phi) is 7.23. The molecule has 0 spiro atoms. The molecule has 2 amide bonds. The van der Waals surface area contributed by atoms with E-state index >= 15 is 0 Å². The van der Waals surface area contributed by atoms with Crippen molar-refractivity contribution in [2.75, 3.05) is 6.61 Å². The summed E-state index contributed by atoms with van der Waals surface area (Å²) in [5, 5.41) is 9.26. The number of carboxylic acid groups (broad SMARTS) is 1. The van der Waals surface area contributed by atoms with Crippen molar-refractivity contribution in [3.8, 4) is 0 Å². The zero-order valence-electron chi connectivity index (χ0n) is 15.0. The van der Waals surface area contributed by atoms with Crippen LogP contribution < -0.4 is 0 Å². The van der Waals surface area contributed by atoms with Gasteiger partial charge in [0.05, 0.1) is 23.8 Å². The molecule has 0 radical (unpaired) electrons. The van der Waals surface area contributed by atoms with Gasteiger partial charge in [-0.2, -0.15) is 13.2 Å². The average molecular weight is 379 g/mol. The number of carbonyl (C=O) groups excluding carboxylic acids is 2. The van der Waals surface area contributed by atoms with Crippen molar-refractivity contribution in [3.63, 3.8) is 0 Å². The third kappa shape index (κ3) is 4.56. The summed E-state index contributed by atoms with van der Waals surface area (Å²) in [4.78, 5) is 36.9. The van der Waals surface area contributed by atoms with Crippen LogP contribution in [0.2, 0.25) is 0 Å². The Labute approximate surface area is 150 Å². The summed E-state index contributed by atoms with van der Waals surface area (Å²) in [6.45, 7) is 8.00. The van der Waals surface area contributed by atoms with Gasteiger partial charge in [0.25, 0.3) is 0 Å². The van der Waals surface area contributed by atoms with Crippen LogP contribution in [0.25, 0.3) is 0 Å². The smallest absolute Gasteiger partial charge is 0.416 e. The van der Waals surface area contributed by atoms with Gasteiger partial charge in [0.15, 0.2) is 0 Å². The lowest BCUT2D eigenvalue weighted by Gasteiger charge is -2.34. The Balaban J connectivity index is 3.32. The van der Waals surface area contributed by atoms with Crippen LogP contribution in [0.4, 0.5) is 18.0 Å². The fraction of sp³-hybridized carbons (Fsp3) is 0.706. The fourth-order valence-corrected chi connectivity index (χ4v) is 3.26. The molecule has 26 heavy (non-hydrogen) atoms. The molecule has 6 nitrogen and oxygen atoms in total. The van der Waals surface area contributed by atoms with Gasteiger partial charge in [-0.25, -0.2) is 9.69 Å². The van der Waals surface area contributed by atoms with Crippen LogP contribution in [0.1, 0.15) is 33.6 Å². The molecule has 1 rings (SSSR count). The van der Waals surface area contributed by atoms with Gasteiger partial charge in [-0.15, -0.1) is 6.58 Å². The number of imide groups is 1. The van der Waals surface area contributed by atoms with E-state index < -0.39 is 54.4 Å². The van der Waals surface area contributed by atoms with Crippen LogP contribution in [0.3, 0.4) is 0 Å². The van der Waals surface area contributed by atoms with Crippen molar-refractivity contribution in [2.45, 2.75) is 45.8 Å². The van der Waals surface area contributed by atoms with E-state index in [0.717, 1.165) is 6.08 Å². The van der Waals surface area contributed by atoms with Crippen LogP contribution in [0, 0.1) is 23.7 Å². The molecule has 0 aliphatic carbocycles. The minimum atomic E-state index is -4.93. The standard InChI is InChI=1S/C17H24F3NO5/c1-5-7-11(15(23)24)13(17(18,19)20)10(6-2)14(22)21-12(9(3)4)8-26-16(21)25/h5,9-13H,1,6-8H2,2-4H3,(H,23,24)/t10-,11-,12-,13+/m1/s1. The number of carbonyl (C=O) groups is 3. The van der Waals surface area contributed by atoms with Gasteiger partial charge in [0, 0.05) is 0 Å². The Morgan fingerprint density at radius 1 is 1.38 bits per heavy atom. The first-order chi connectivity index (χ1) is 12.0.